The van der Waals surface area contributed by atoms with Crippen LogP contribution in [0.25, 0.3) is 55.3 Å². The second-order valence-electron chi connectivity index (χ2n) is 10.1. The Kier molecular flexibility index (Phi) is 6.07. The molecule has 6 aromatic heterocycles. The topological polar surface area (TPSA) is 125 Å². The molecule has 6 heterocycles. The summed E-state index contributed by atoms with van der Waals surface area (Å²) in [5.74, 6) is -0.104. The van der Waals surface area contributed by atoms with Crippen LogP contribution in [0.2, 0.25) is 0 Å². The zero-order chi connectivity index (χ0) is 27.2. The van der Waals surface area contributed by atoms with E-state index in [0.717, 1.165) is 41.6 Å². The fraction of sp³-hybridized carbons (Fsp3) is 0.241. The van der Waals surface area contributed by atoms with Crippen LogP contribution < -0.4 is 5.32 Å². The van der Waals surface area contributed by atoms with Gasteiger partial charge in [-0.05, 0) is 44.0 Å². The van der Waals surface area contributed by atoms with Crippen molar-refractivity contribution in [1.29, 1.82) is 0 Å². The second kappa shape index (κ2) is 9.91. The Morgan fingerprint density at radius 3 is 2.75 bits per heavy atom. The van der Waals surface area contributed by atoms with E-state index in [1.807, 2.05) is 6.07 Å². The molecule has 1 saturated carbocycles. The fourth-order valence-corrected chi connectivity index (χ4v) is 6.30. The van der Waals surface area contributed by atoms with E-state index in [9.17, 15) is 4.79 Å². The van der Waals surface area contributed by atoms with Crippen LogP contribution in [-0.4, -0.2) is 41.0 Å². The van der Waals surface area contributed by atoms with Gasteiger partial charge in [-0.2, -0.15) is 5.10 Å². The molecule has 1 amide bonds. The van der Waals surface area contributed by atoms with E-state index in [1.165, 1.54) is 17.5 Å². The summed E-state index contributed by atoms with van der Waals surface area (Å²) in [6.07, 6.45) is 11.4. The number of aromatic nitrogens is 7. The van der Waals surface area contributed by atoms with Gasteiger partial charge in [0.05, 0.1) is 22.8 Å². The lowest BCUT2D eigenvalue weighted by molar-refractivity contribution is -0.120. The van der Waals surface area contributed by atoms with Gasteiger partial charge in [0, 0.05) is 51.0 Å². The summed E-state index contributed by atoms with van der Waals surface area (Å²) >= 11 is 1.68. The number of nitrogens with one attached hydrogen (secondary N) is 3. The van der Waals surface area contributed by atoms with Gasteiger partial charge < -0.3 is 10.3 Å². The first kappa shape index (κ1) is 24.5. The van der Waals surface area contributed by atoms with Gasteiger partial charge in [-0.1, -0.05) is 19.3 Å². The molecule has 0 radical (unpaired) electrons. The summed E-state index contributed by atoms with van der Waals surface area (Å²) in [5, 5.41) is 10.3. The Balaban J connectivity index is 1.26. The molecular formula is C29H25FN8OS. The maximum Gasteiger partial charge on any atom is 0.227 e. The maximum absolute atomic E-state index is 16.2. The van der Waals surface area contributed by atoms with Gasteiger partial charge in [-0.15, -0.1) is 11.3 Å². The van der Waals surface area contributed by atoms with Crippen LogP contribution in [0, 0.1) is 18.7 Å². The number of H-pyrrole nitrogens is 2. The minimum absolute atomic E-state index is 0.00306. The number of anilines is 1. The summed E-state index contributed by atoms with van der Waals surface area (Å²) in [6, 6.07) is 7.80. The number of rotatable bonds is 5. The Labute approximate surface area is 232 Å². The Hall–Kier alpha value is -4.51. The molecule has 7 rings (SSSR count). The van der Waals surface area contributed by atoms with Crippen LogP contribution in [0.5, 0.6) is 0 Å². The zero-order valence-electron chi connectivity index (χ0n) is 21.7. The Bertz CT molecular complexity index is 1880. The first-order chi connectivity index (χ1) is 19.5. The number of halogens is 1. The number of nitrogens with zero attached hydrogens (tertiary/aromatic N) is 5. The smallest absolute Gasteiger partial charge is 0.227 e. The molecule has 0 spiro atoms. The molecule has 200 valence electrons. The van der Waals surface area contributed by atoms with Crippen molar-refractivity contribution in [2.45, 2.75) is 39.0 Å². The van der Waals surface area contributed by atoms with Crippen molar-refractivity contribution in [3.8, 4) is 33.1 Å². The van der Waals surface area contributed by atoms with Gasteiger partial charge in [0.15, 0.2) is 17.1 Å². The van der Waals surface area contributed by atoms with Crippen LogP contribution in [0.1, 0.15) is 37.0 Å². The highest BCUT2D eigenvalue weighted by molar-refractivity contribution is 7.15. The minimum atomic E-state index is -0.506. The number of carbonyl (C=O) groups excluding carboxylic acids is 1. The lowest BCUT2D eigenvalue weighted by Gasteiger charge is -2.20. The standard InChI is InChI=1S/C29H25FN8OS/c1-15-7-8-21(40-15)19-9-10-32-27-24(19)35-28(36-27)25-22-23(30)20(14-33-26(22)38-37-25)17-11-18(13-31-12-17)34-29(39)16-5-3-2-4-6-16/h7-14,16H,2-6H2,1H3,(H,34,39)(H,32,35,36)(H,33,37,38). The minimum Gasteiger partial charge on any atom is -0.335 e. The lowest BCUT2D eigenvalue weighted by atomic mass is 9.88. The highest BCUT2D eigenvalue weighted by Gasteiger charge is 2.23. The van der Waals surface area contributed by atoms with Gasteiger partial charge >= 0.3 is 0 Å². The first-order valence-electron chi connectivity index (χ1n) is 13.3. The van der Waals surface area contributed by atoms with Gasteiger partial charge in [-0.25, -0.2) is 19.3 Å². The summed E-state index contributed by atoms with van der Waals surface area (Å²) in [6.45, 7) is 2.06. The summed E-state index contributed by atoms with van der Waals surface area (Å²) in [4.78, 5) is 36.1. The molecule has 0 atom stereocenters. The van der Waals surface area contributed by atoms with Gasteiger partial charge in [0.2, 0.25) is 5.91 Å². The van der Waals surface area contributed by atoms with Crippen LogP contribution in [0.15, 0.2) is 49.1 Å². The van der Waals surface area contributed by atoms with Crippen LogP contribution in [0.4, 0.5) is 10.1 Å². The van der Waals surface area contributed by atoms with Crippen molar-refractivity contribution in [2.24, 2.45) is 5.92 Å². The van der Waals surface area contributed by atoms with Gasteiger partial charge in [0.25, 0.3) is 0 Å². The quantitative estimate of drug-likeness (QED) is 0.220. The number of fused-ring (bicyclic) bond motifs is 2. The van der Waals surface area contributed by atoms with E-state index in [-0.39, 0.29) is 28.4 Å². The number of aromatic amines is 2. The molecule has 9 nitrogen and oxygen atoms in total. The van der Waals surface area contributed by atoms with Crippen molar-refractivity contribution in [2.75, 3.05) is 5.32 Å². The van der Waals surface area contributed by atoms with E-state index in [2.05, 4.69) is 59.5 Å². The molecule has 1 aliphatic rings. The summed E-state index contributed by atoms with van der Waals surface area (Å²) < 4.78 is 16.2. The number of carbonyl (C=O) groups is 1. The normalized spacial score (nSPS) is 14.2. The van der Waals surface area contributed by atoms with E-state index in [1.54, 1.807) is 36.0 Å². The monoisotopic (exact) mass is 552 g/mol. The van der Waals surface area contributed by atoms with E-state index >= 15 is 4.39 Å². The fourth-order valence-electron chi connectivity index (χ4n) is 5.40. The molecule has 0 saturated heterocycles. The second-order valence-corrected chi connectivity index (χ2v) is 11.4. The number of amides is 1. The van der Waals surface area contributed by atoms with Crippen LogP contribution in [0.3, 0.4) is 0 Å². The SMILES string of the molecule is Cc1ccc(-c2ccnc3nc(-c4[nH]nc5ncc(-c6cncc(NC(=O)C7CCCCC7)c6)c(F)c45)[nH]c23)s1. The lowest BCUT2D eigenvalue weighted by Crippen LogP contribution is -2.24. The number of thiophene rings is 1. The van der Waals surface area contributed by atoms with Crippen molar-refractivity contribution in [1.82, 2.24) is 35.1 Å². The highest BCUT2D eigenvalue weighted by atomic mass is 32.1. The molecule has 40 heavy (non-hydrogen) atoms. The Morgan fingerprint density at radius 1 is 1.05 bits per heavy atom. The predicted octanol–water partition coefficient (Wildman–Crippen LogP) is 6.65. The molecule has 0 unspecified atom stereocenters. The maximum atomic E-state index is 16.2. The molecule has 0 aromatic carbocycles. The average molecular weight is 553 g/mol. The van der Waals surface area contributed by atoms with E-state index in [0.29, 0.717) is 28.4 Å². The largest absolute Gasteiger partial charge is 0.335 e. The van der Waals surface area contributed by atoms with Crippen molar-refractivity contribution in [3.05, 3.63) is 59.7 Å². The molecule has 1 fully saturated rings. The number of hydrogen-bond donors (Lipinski definition) is 3. The third-order valence-corrected chi connectivity index (χ3v) is 8.48. The van der Waals surface area contributed by atoms with Crippen molar-refractivity contribution in [3.63, 3.8) is 0 Å². The predicted molar refractivity (Wildman–Crippen MR) is 153 cm³/mol. The molecule has 0 aliphatic heterocycles. The number of pyridine rings is 3. The molecule has 6 aromatic rings. The average Bonchev–Trinajstić information content (AvgIpc) is 3.72. The van der Waals surface area contributed by atoms with E-state index < -0.39 is 5.82 Å². The first-order valence-corrected chi connectivity index (χ1v) is 14.1. The van der Waals surface area contributed by atoms with Crippen molar-refractivity contribution >= 4 is 45.1 Å². The molecule has 3 N–H and O–H groups in total. The molecule has 11 heteroatoms. The van der Waals surface area contributed by atoms with Crippen LogP contribution >= 0.6 is 11.3 Å². The zero-order valence-corrected chi connectivity index (χ0v) is 22.5. The number of imidazole rings is 1. The molecule has 1 aliphatic carbocycles. The molecule has 0 bridgehead atoms. The third-order valence-electron chi connectivity index (χ3n) is 7.45. The highest BCUT2D eigenvalue weighted by Crippen LogP contribution is 2.36. The third kappa shape index (κ3) is 4.32. The summed E-state index contributed by atoms with van der Waals surface area (Å²) in [5.41, 5.74) is 4.15. The Morgan fingerprint density at radius 2 is 1.93 bits per heavy atom. The van der Waals surface area contributed by atoms with Gasteiger partial charge in [-0.3, -0.25) is 14.9 Å². The summed E-state index contributed by atoms with van der Waals surface area (Å²) in [7, 11) is 0. The van der Waals surface area contributed by atoms with E-state index in [4.69, 9.17) is 0 Å². The molecular weight excluding hydrogens is 527 g/mol. The number of aryl methyl sites for hydroxylation is 1. The van der Waals surface area contributed by atoms with Gasteiger partial charge in [0.1, 0.15) is 11.5 Å². The van der Waals surface area contributed by atoms with Crippen LogP contribution in [-0.2, 0) is 4.79 Å². The van der Waals surface area contributed by atoms with Crippen molar-refractivity contribution < 1.29 is 9.18 Å². The number of hydrogen-bond acceptors (Lipinski definition) is 7.